The van der Waals surface area contributed by atoms with Crippen molar-refractivity contribution in [3.05, 3.63) is 78.1 Å². The molecule has 2 aromatic carbocycles. The molecule has 0 bridgehead atoms. The Morgan fingerprint density at radius 1 is 1.03 bits per heavy atom. The van der Waals surface area contributed by atoms with Crippen molar-refractivity contribution in [2.24, 2.45) is 0 Å². The van der Waals surface area contributed by atoms with Crippen molar-refractivity contribution in [3.8, 4) is 11.5 Å². The van der Waals surface area contributed by atoms with Crippen LogP contribution < -0.4 is 15.4 Å². The molecule has 1 aromatic heterocycles. The number of aromatic carboxylic acids is 1. The van der Waals surface area contributed by atoms with Crippen molar-refractivity contribution in [2.75, 3.05) is 17.2 Å². The lowest BCUT2D eigenvalue weighted by Crippen LogP contribution is -2.09. The van der Waals surface area contributed by atoms with Gasteiger partial charge >= 0.3 is 5.97 Å². The molecule has 0 saturated heterocycles. The van der Waals surface area contributed by atoms with Gasteiger partial charge in [0.25, 0.3) is 0 Å². The number of carboxylic acids is 1. The zero-order valence-electron chi connectivity index (χ0n) is 16.4. The van der Waals surface area contributed by atoms with E-state index in [0.29, 0.717) is 29.4 Å². The summed E-state index contributed by atoms with van der Waals surface area (Å²) < 4.78 is 6.16. The normalized spacial score (nSPS) is 10.4. The quantitative estimate of drug-likeness (QED) is 0.402. The largest absolute Gasteiger partial charge is 0.478 e. The molecule has 6 heteroatoms. The first-order chi connectivity index (χ1) is 14.2. The molecule has 6 nitrogen and oxygen atoms in total. The number of hydrogen-bond acceptors (Lipinski definition) is 5. The molecule has 0 amide bonds. The highest BCUT2D eigenvalue weighted by molar-refractivity contribution is 5.92. The molecular formula is C23H25N3O3. The minimum Gasteiger partial charge on any atom is -0.478 e. The Hall–Kier alpha value is -3.54. The Morgan fingerprint density at radius 2 is 1.76 bits per heavy atom. The number of pyridine rings is 1. The molecule has 0 aliphatic heterocycles. The molecule has 0 aliphatic carbocycles. The summed E-state index contributed by atoms with van der Waals surface area (Å²) in [5.41, 5.74) is 2.27. The van der Waals surface area contributed by atoms with E-state index in [2.05, 4.69) is 22.5 Å². The van der Waals surface area contributed by atoms with Crippen LogP contribution in [0.2, 0.25) is 0 Å². The van der Waals surface area contributed by atoms with Crippen LogP contribution >= 0.6 is 0 Å². The molecule has 150 valence electrons. The van der Waals surface area contributed by atoms with Gasteiger partial charge in [-0.25, -0.2) is 4.79 Å². The number of rotatable bonds is 10. The summed E-state index contributed by atoms with van der Waals surface area (Å²) in [5.74, 6) is 0.249. The predicted octanol–water partition coefficient (Wildman–Crippen LogP) is 5.40. The minimum absolute atomic E-state index is 0.188. The zero-order valence-corrected chi connectivity index (χ0v) is 16.4. The zero-order chi connectivity index (χ0) is 20.5. The van der Waals surface area contributed by atoms with E-state index < -0.39 is 5.97 Å². The van der Waals surface area contributed by atoms with E-state index in [4.69, 9.17) is 4.74 Å². The number of carbonyl (C=O) groups is 1. The van der Waals surface area contributed by atoms with Gasteiger partial charge in [0.05, 0.1) is 29.2 Å². The Labute approximate surface area is 170 Å². The Morgan fingerprint density at radius 3 is 2.41 bits per heavy atom. The van der Waals surface area contributed by atoms with Crippen molar-refractivity contribution in [1.82, 2.24) is 4.98 Å². The summed E-state index contributed by atoms with van der Waals surface area (Å²) in [6.07, 6.45) is 3.73. The third-order valence-electron chi connectivity index (χ3n) is 4.33. The SMILES string of the molecule is CCCCNc1cc(C(=O)O)cc(NCc2ccccn2)c1Oc1ccccc1. The van der Waals surface area contributed by atoms with Crippen LogP contribution in [0.3, 0.4) is 0 Å². The number of hydrogen-bond donors (Lipinski definition) is 3. The molecule has 0 fully saturated rings. The van der Waals surface area contributed by atoms with Crippen LogP contribution in [0.1, 0.15) is 35.8 Å². The average molecular weight is 391 g/mol. The first-order valence-electron chi connectivity index (χ1n) is 9.69. The van der Waals surface area contributed by atoms with Crippen LogP contribution in [-0.4, -0.2) is 22.6 Å². The van der Waals surface area contributed by atoms with E-state index in [1.807, 2.05) is 48.5 Å². The summed E-state index contributed by atoms with van der Waals surface area (Å²) in [5, 5.41) is 16.2. The highest BCUT2D eigenvalue weighted by Gasteiger charge is 2.17. The average Bonchev–Trinajstić information content (AvgIpc) is 2.75. The number of anilines is 2. The highest BCUT2D eigenvalue weighted by atomic mass is 16.5. The summed E-state index contributed by atoms with van der Waals surface area (Å²) >= 11 is 0. The number of aromatic nitrogens is 1. The van der Waals surface area contributed by atoms with Gasteiger partial charge in [-0.15, -0.1) is 0 Å². The number of unbranched alkanes of at least 4 members (excludes halogenated alkanes) is 1. The van der Waals surface area contributed by atoms with E-state index in [1.54, 1.807) is 18.3 Å². The maximum Gasteiger partial charge on any atom is 0.335 e. The number of nitrogens with one attached hydrogen (secondary N) is 2. The van der Waals surface area contributed by atoms with Crippen LogP contribution in [0.5, 0.6) is 11.5 Å². The third-order valence-corrected chi connectivity index (χ3v) is 4.33. The first kappa shape index (κ1) is 20.2. The highest BCUT2D eigenvalue weighted by Crippen LogP contribution is 2.38. The molecule has 0 saturated carbocycles. The fraction of sp³-hybridized carbons (Fsp3) is 0.217. The maximum absolute atomic E-state index is 11.7. The van der Waals surface area contributed by atoms with E-state index in [1.165, 1.54) is 0 Å². The minimum atomic E-state index is -0.990. The molecule has 0 unspecified atom stereocenters. The summed E-state index contributed by atoms with van der Waals surface area (Å²) in [4.78, 5) is 16.0. The van der Waals surface area contributed by atoms with Gasteiger partial charge in [-0.3, -0.25) is 4.98 Å². The van der Waals surface area contributed by atoms with Gasteiger partial charge in [-0.05, 0) is 42.8 Å². The monoisotopic (exact) mass is 391 g/mol. The molecular weight excluding hydrogens is 366 g/mol. The fourth-order valence-corrected chi connectivity index (χ4v) is 2.82. The van der Waals surface area contributed by atoms with Crippen LogP contribution in [0, 0.1) is 0 Å². The molecule has 3 N–H and O–H groups in total. The smallest absolute Gasteiger partial charge is 0.335 e. The van der Waals surface area contributed by atoms with E-state index >= 15 is 0 Å². The fourth-order valence-electron chi connectivity index (χ4n) is 2.82. The molecule has 29 heavy (non-hydrogen) atoms. The number of ether oxygens (including phenoxy) is 1. The van der Waals surface area contributed by atoms with Crippen LogP contribution in [0.4, 0.5) is 11.4 Å². The summed E-state index contributed by atoms with van der Waals surface area (Å²) in [6, 6.07) is 18.3. The molecule has 3 aromatic rings. The number of nitrogens with zero attached hydrogens (tertiary/aromatic N) is 1. The molecule has 0 aliphatic rings. The van der Waals surface area contributed by atoms with Crippen molar-refractivity contribution < 1.29 is 14.6 Å². The van der Waals surface area contributed by atoms with Crippen LogP contribution in [0.25, 0.3) is 0 Å². The molecule has 3 rings (SSSR count). The Kier molecular flexibility index (Phi) is 7.05. The van der Waals surface area contributed by atoms with E-state index in [-0.39, 0.29) is 5.56 Å². The van der Waals surface area contributed by atoms with Crippen molar-refractivity contribution in [1.29, 1.82) is 0 Å². The number of benzene rings is 2. The Bertz CT molecular complexity index is 931. The topological polar surface area (TPSA) is 83.5 Å². The van der Waals surface area contributed by atoms with Crippen molar-refractivity contribution >= 4 is 17.3 Å². The maximum atomic E-state index is 11.7. The van der Waals surface area contributed by atoms with Crippen LogP contribution in [-0.2, 0) is 6.54 Å². The second kappa shape index (κ2) is 10.1. The van der Waals surface area contributed by atoms with E-state index in [9.17, 15) is 9.90 Å². The lowest BCUT2D eigenvalue weighted by atomic mass is 10.1. The predicted molar refractivity (Wildman–Crippen MR) is 115 cm³/mol. The molecule has 1 heterocycles. The van der Waals surface area contributed by atoms with Gasteiger partial charge in [0.1, 0.15) is 5.75 Å². The third kappa shape index (κ3) is 5.72. The Balaban J connectivity index is 1.97. The van der Waals surface area contributed by atoms with E-state index in [0.717, 1.165) is 25.1 Å². The second-order valence-corrected chi connectivity index (χ2v) is 6.58. The summed E-state index contributed by atoms with van der Waals surface area (Å²) in [7, 11) is 0. The van der Waals surface area contributed by atoms with Gasteiger partial charge in [0.2, 0.25) is 0 Å². The van der Waals surface area contributed by atoms with Gasteiger partial charge in [-0.2, -0.15) is 0 Å². The first-order valence-corrected chi connectivity index (χ1v) is 9.69. The van der Waals surface area contributed by atoms with Gasteiger partial charge in [0.15, 0.2) is 5.75 Å². The molecule has 0 atom stereocenters. The van der Waals surface area contributed by atoms with Crippen molar-refractivity contribution in [2.45, 2.75) is 26.3 Å². The van der Waals surface area contributed by atoms with Gasteiger partial charge in [0, 0.05) is 12.7 Å². The standard InChI is InChI=1S/C23H25N3O3/c1-2-3-12-25-20-14-17(23(27)28)15-21(26-16-18-9-7-8-13-24-18)22(20)29-19-10-5-4-6-11-19/h4-11,13-15,25-26H,2-3,12,16H2,1H3,(H,27,28). The summed E-state index contributed by atoms with van der Waals surface area (Å²) in [6.45, 7) is 3.28. The number of para-hydroxylation sites is 1. The van der Waals surface area contributed by atoms with Gasteiger partial charge < -0.3 is 20.5 Å². The number of carboxylic acid groups (broad SMARTS) is 1. The van der Waals surface area contributed by atoms with Crippen molar-refractivity contribution in [3.63, 3.8) is 0 Å². The molecule has 0 spiro atoms. The molecule has 0 radical (unpaired) electrons. The lowest BCUT2D eigenvalue weighted by molar-refractivity contribution is 0.0697. The van der Waals surface area contributed by atoms with Gasteiger partial charge in [-0.1, -0.05) is 37.6 Å². The lowest BCUT2D eigenvalue weighted by Gasteiger charge is -2.19. The van der Waals surface area contributed by atoms with Crippen LogP contribution in [0.15, 0.2) is 66.9 Å². The second-order valence-electron chi connectivity index (χ2n) is 6.58.